The summed E-state index contributed by atoms with van der Waals surface area (Å²) < 4.78 is 4.98. The number of carbonyl (C=O) groups is 1. The normalized spacial score (nSPS) is 12.2. The first-order valence-corrected chi connectivity index (χ1v) is 6.20. The Hall–Kier alpha value is -1.06. The van der Waals surface area contributed by atoms with Crippen LogP contribution in [0.25, 0.3) is 0 Å². The van der Waals surface area contributed by atoms with Gasteiger partial charge in [0.2, 0.25) is 0 Å². The van der Waals surface area contributed by atoms with Gasteiger partial charge in [-0.3, -0.25) is 4.79 Å². The molecule has 0 aliphatic rings. The summed E-state index contributed by atoms with van der Waals surface area (Å²) in [5, 5.41) is 3.86. The molecule has 3 nitrogen and oxygen atoms in total. The number of nitrogens with one attached hydrogen (secondary N) is 1. The van der Waals surface area contributed by atoms with E-state index in [1.165, 1.54) is 0 Å². The van der Waals surface area contributed by atoms with E-state index in [0.29, 0.717) is 24.6 Å². The highest BCUT2D eigenvalue weighted by atomic mass is 35.5. The highest BCUT2D eigenvalue weighted by Crippen LogP contribution is 2.14. The molecule has 0 fully saturated rings. The second-order valence-electron chi connectivity index (χ2n) is 3.69. The van der Waals surface area contributed by atoms with Crippen LogP contribution in [0, 0.1) is 0 Å². The van der Waals surface area contributed by atoms with E-state index in [9.17, 15) is 4.79 Å². The topological polar surface area (TPSA) is 38.3 Å². The van der Waals surface area contributed by atoms with Gasteiger partial charge >= 0.3 is 5.97 Å². The molecule has 4 heteroatoms. The predicted octanol–water partition coefficient (Wildman–Crippen LogP) is 2.77. The molecule has 0 saturated carbocycles. The number of benzene rings is 1. The molecule has 1 rings (SSSR count). The molecule has 1 aromatic carbocycles. The highest BCUT2D eigenvalue weighted by molar-refractivity contribution is 6.31. The van der Waals surface area contributed by atoms with Crippen LogP contribution < -0.4 is 5.32 Å². The largest absolute Gasteiger partial charge is 0.465 e. The molecule has 1 N–H and O–H groups in total. The van der Waals surface area contributed by atoms with Crippen LogP contribution in [-0.4, -0.2) is 18.6 Å². The lowest BCUT2D eigenvalue weighted by Crippen LogP contribution is -2.37. The summed E-state index contributed by atoms with van der Waals surface area (Å²) >= 11 is 6.04. The summed E-state index contributed by atoms with van der Waals surface area (Å²) in [6.45, 7) is 4.72. The van der Waals surface area contributed by atoms with Crippen molar-refractivity contribution < 1.29 is 9.53 Å². The third-order valence-corrected chi connectivity index (χ3v) is 2.84. The third kappa shape index (κ3) is 4.36. The van der Waals surface area contributed by atoms with Crippen LogP contribution in [0.2, 0.25) is 5.02 Å². The maximum absolute atomic E-state index is 11.6. The van der Waals surface area contributed by atoms with Crippen molar-refractivity contribution in [2.24, 2.45) is 0 Å². The summed E-state index contributed by atoms with van der Waals surface area (Å²) in [5.74, 6) is -0.206. The third-order valence-electron chi connectivity index (χ3n) is 2.48. The van der Waals surface area contributed by atoms with Crippen molar-refractivity contribution in [1.29, 1.82) is 0 Å². The second kappa shape index (κ2) is 7.30. The van der Waals surface area contributed by atoms with Crippen molar-refractivity contribution in [2.45, 2.75) is 32.9 Å². The number of ether oxygens (including phenoxy) is 1. The first-order chi connectivity index (χ1) is 8.19. The van der Waals surface area contributed by atoms with Gasteiger partial charge in [-0.2, -0.15) is 0 Å². The number of hydrogen-bond donors (Lipinski definition) is 1. The molecule has 0 aliphatic carbocycles. The van der Waals surface area contributed by atoms with E-state index >= 15 is 0 Å². The summed E-state index contributed by atoms with van der Waals surface area (Å²) in [7, 11) is 0. The van der Waals surface area contributed by atoms with Gasteiger partial charge in [-0.15, -0.1) is 0 Å². The van der Waals surface area contributed by atoms with Crippen LogP contribution in [-0.2, 0) is 16.1 Å². The number of rotatable bonds is 6. The second-order valence-corrected chi connectivity index (χ2v) is 4.09. The monoisotopic (exact) mass is 255 g/mol. The molecular weight excluding hydrogens is 238 g/mol. The van der Waals surface area contributed by atoms with Crippen molar-refractivity contribution in [3.8, 4) is 0 Å². The molecule has 17 heavy (non-hydrogen) atoms. The first-order valence-electron chi connectivity index (χ1n) is 5.82. The lowest BCUT2D eigenvalue weighted by atomic mass is 10.2. The quantitative estimate of drug-likeness (QED) is 0.795. The molecule has 1 unspecified atom stereocenters. The molecule has 0 amide bonds. The van der Waals surface area contributed by atoms with Gasteiger partial charge < -0.3 is 10.1 Å². The van der Waals surface area contributed by atoms with E-state index in [2.05, 4.69) is 5.32 Å². The van der Waals surface area contributed by atoms with E-state index in [4.69, 9.17) is 16.3 Å². The van der Waals surface area contributed by atoms with Crippen LogP contribution in [0.4, 0.5) is 0 Å². The van der Waals surface area contributed by atoms with Crippen LogP contribution in [0.15, 0.2) is 24.3 Å². The Morgan fingerprint density at radius 1 is 1.41 bits per heavy atom. The van der Waals surface area contributed by atoms with Gasteiger partial charge in [-0.25, -0.2) is 0 Å². The Kier molecular flexibility index (Phi) is 6.01. The maximum atomic E-state index is 11.6. The minimum Gasteiger partial charge on any atom is -0.465 e. The molecule has 94 valence electrons. The maximum Gasteiger partial charge on any atom is 0.323 e. The standard InChI is InChI=1S/C13H18ClNO2/c1-3-12(13(16)17-4-2)15-9-10-7-5-6-8-11(10)14/h5-8,12,15H,3-4,9H2,1-2H3. The lowest BCUT2D eigenvalue weighted by Gasteiger charge is -2.15. The average molecular weight is 256 g/mol. The zero-order valence-corrected chi connectivity index (χ0v) is 11.0. The van der Waals surface area contributed by atoms with E-state index in [0.717, 1.165) is 5.56 Å². The Bertz CT molecular complexity index is 368. The van der Waals surface area contributed by atoms with Crippen LogP contribution in [0.3, 0.4) is 0 Å². The predicted molar refractivity (Wildman–Crippen MR) is 69.0 cm³/mol. The summed E-state index contributed by atoms with van der Waals surface area (Å²) in [6.07, 6.45) is 0.698. The Morgan fingerprint density at radius 3 is 2.71 bits per heavy atom. The van der Waals surface area contributed by atoms with Crippen molar-refractivity contribution in [2.75, 3.05) is 6.61 Å². The molecule has 0 aliphatic heterocycles. The first kappa shape index (κ1) is 14.0. The van der Waals surface area contributed by atoms with Crippen LogP contribution >= 0.6 is 11.6 Å². The van der Waals surface area contributed by atoms with Gasteiger partial charge in [0.25, 0.3) is 0 Å². The summed E-state index contributed by atoms with van der Waals surface area (Å²) in [5.41, 5.74) is 0.983. The average Bonchev–Trinajstić information content (AvgIpc) is 2.32. The number of esters is 1. The van der Waals surface area contributed by atoms with E-state index in [1.807, 2.05) is 31.2 Å². The van der Waals surface area contributed by atoms with Gasteiger partial charge in [-0.1, -0.05) is 36.7 Å². The molecule has 0 saturated heterocycles. The summed E-state index contributed by atoms with van der Waals surface area (Å²) in [4.78, 5) is 11.6. The lowest BCUT2D eigenvalue weighted by molar-refractivity contribution is -0.145. The smallest absolute Gasteiger partial charge is 0.323 e. The minimum atomic E-state index is -0.272. The van der Waals surface area contributed by atoms with Gasteiger partial charge in [0.1, 0.15) is 6.04 Å². The van der Waals surface area contributed by atoms with Gasteiger partial charge in [0.05, 0.1) is 6.61 Å². The van der Waals surface area contributed by atoms with Crippen molar-refractivity contribution in [3.63, 3.8) is 0 Å². The van der Waals surface area contributed by atoms with Gasteiger partial charge in [0.15, 0.2) is 0 Å². The van der Waals surface area contributed by atoms with Crippen molar-refractivity contribution in [1.82, 2.24) is 5.32 Å². The Labute approximate surface area is 107 Å². The zero-order chi connectivity index (χ0) is 12.7. The SMILES string of the molecule is CCOC(=O)C(CC)NCc1ccccc1Cl. The van der Waals surface area contributed by atoms with E-state index in [1.54, 1.807) is 6.92 Å². The number of halogens is 1. The fourth-order valence-electron chi connectivity index (χ4n) is 1.51. The molecule has 0 radical (unpaired) electrons. The number of hydrogen-bond acceptors (Lipinski definition) is 3. The zero-order valence-electron chi connectivity index (χ0n) is 10.2. The molecule has 1 atom stereocenters. The van der Waals surface area contributed by atoms with Crippen LogP contribution in [0.1, 0.15) is 25.8 Å². The minimum absolute atomic E-state index is 0.206. The molecular formula is C13H18ClNO2. The Morgan fingerprint density at radius 2 is 2.12 bits per heavy atom. The molecule has 0 bridgehead atoms. The molecule has 0 heterocycles. The van der Waals surface area contributed by atoms with Gasteiger partial charge in [-0.05, 0) is 25.0 Å². The van der Waals surface area contributed by atoms with Crippen molar-refractivity contribution >= 4 is 17.6 Å². The molecule has 1 aromatic rings. The van der Waals surface area contributed by atoms with E-state index in [-0.39, 0.29) is 12.0 Å². The fourth-order valence-corrected chi connectivity index (χ4v) is 1.71. The van der Waals surface area contributed by atoms with E-state index < -0.39 is 0 Å². The number of carbonyl (C=O) groups excluding carboxylic acids is 1. The molecule has 0 spiro atoms. The fraction of sp³-hybridized carbons (Fsp3) is 0.462. The van der Waals surface area contributed by atoms with Gasteiger partial charge in [0, 0.05) is 11.6 Å². The van der Waals surface area contributed by atoms with Crippen LogP contribution in [0.5, 0.6) is 0 Å². The molecule has 0 aromatic heterocycles. The van der Waals surface area contributed by atoms with Crippen molar-refractivity contribution in [3.05, 3.63) is 34.9 Å². The Balaban J connectivity index is 2.53. The highest BCUT2D eigenvalue weighted by Gasteiger charge is 2.16. The summed E-state index contributed by atoms with van der Waals surface area (Å²) in [6, 6.07) is 7.31.